The van der Waals surface area contributed by atoms with E-state index in [1.165, 1.54) is 12.8 Å². The van der Waals surface area contributed by atoms with Crippen molar-refractivity contribution in [1.29, 1.82) is 0 Å². The van der Waals surface area contributed by atoms with Gasteiger partial charge in [-0.1, -0.05) is 6.92 Å². The molecule has 0 aromatic rings. The van der Waals surface area contributed by atoms with E-state index >= 15 is 0 Å². The van der Waals surface area contributed by atoms with Crippen LogP contribution in [-0.2, 0) is 4.79 Å². The summed E-state index contributed by atoms with van der Waals surface area (Å²) in [4.78, 5) is 14.2. The molecule has 116 valence electrons. The SMILES string of the molecule is CCC1CCC(C)N1C(C)CC(C)(NC1CC1)C(=O)O. The average molecular weight is 282 g/mol. The van der Waals surface area contributed by atoms with E-state index in [0.717, 1.165) is 19.3 Å². The molecule has 4 unspecified atom stereocenters. The molecule has 0 aromatic heterocycles. The van der Waals surface area contributed by atoms with Gasteiger partial charge in [-0.3, -0.25) is 15.0 Å². The Hall–Kier alpha value is -0.610. The molecule has 2 aliphatic rings. The van der Waals surface area contributed by atoms with Crippen molar-refractivity contribution >= 4 is 5.97 Å². The molecule has 0 spiro atoms. The van der Waals surface area contributed by atoms with Crippen LogP contribution >= 0.6 is 0 Å². The third-order valence-electron chi connectivity index (χ3n) is 5.10. The lowest BCUT2D eigenvalue weighted by atomic mass is 9.92. The van der Waals surface area contributed by atoms with Gasteiger partial charge < -0.3 is 5.11 Å². The van der Waals surface area contributed by atoms with Crippen molar-refractivity contribution in [3.8, 4) is 0 Å². The van der Waals surface area contributed by atoms with Gasteiger partial charge in [-0.2, -0.15) is 0 Å². The van der Waals surface area contributed by atoms with Crippen LogP contribution in [0.5, 0.6) is 0 Å². The Kier molecular flexibility index (Phi) is 4.75. The van der Waals surface area contributed by atoms with E-state index in [0.29, 0.717) is 30.6 Å². The highest BCUT2D eigenvalue weighted by atomic mass is 16.4. The molecule has 1 aliphatic carbocycles. The fourth-order valence-corrected chi connectivity index (χ4v) is 3.88. The Morgan fingerprint density at radius 2 is 2.05 bits per heavy atom. The van der Waals surface area contributed by atoms with Crippen LogP contribution in [0, 0.1) is 0 Å². The normalized spacial score (nSPS) is 32.0. The van der Waals surface area contributed by atoms with Crippen LogP contribution in [0.15, 0.2) is 0 Å². The van der Waals surface area contributed by atoms with E-state index < -0.39 is 11.5 Å². The van der Waals surface area contributed by atoms with Gasteiger partial charge in [0.2, 0.25) is 0 Å². The van der Waals surface area contributed by atoms with Crippen LogP contribution in [-0.4, -0.2) is 45.7 Å². The van der Waals surface area contributed by atoms with E-state index in [4.69, 9.17) is 0 Å². The number of rotatable bonds is 7. The quantitative estimate of drug-likeness (QED) is 0.753. The number of carboxylic acid groups (broad SMARTS) is 1. The largest absolute Gasteiger partial charge is 0.480 e. The average Bonchev–Trinajstić information content (AvgIpc) is 3.08. The highest BCUT2D eigenvalue weighted by Crippen LogP contribution is 2.32. The maximum Gasteiger partial charge on any atom is 0.323 e. The Balaban J connectivity index is 2.03. The van der Waals surface area contributed by atoms with Crippen LogP contribution < -0.4 is 5.32 Å². The predicted octanol–water partition coefficient (Wildman–Crippen LogP) is 2.62. The van der Waals surface area contributed by atoms with E-state index in [1.807, 2.05) is 6.92 Å². The molecule has 20 heavy (non-hydrogen) atoms. The molecule has 4 nitrogen and oxygen atoms in total. The Labute approximate surface area is 122 Å². The fraction of sp³-hybridized carbons (Fsp3) is 0.938. The van der Waals surface area contributed by atoms with Crippen molar-refractivity contribution in [1.82, 2.24) is 10.2 Å². The second kappa shape index (κ2) is 6.02. The molecule has 1 saturated carbocycles. The van der Waals surface area contributed by atoms with Crippen LogP contribution in [0.25, 0.3) is 0 Å². The predicted molar refractivity (Wildman–Crippen MR) is 80.9 cm³/mol. The van der Waals surface area contributed by atoms with Crippen molar-refractivity contribution < 1.29 is 9.90 Å². The lowest BCUT2D eigenvalue weighted by Gasteiger charge is -2.38. The van der Waals surface area contributed by atoms with Gasteiger partial charge in [0.25, 0.3) is 0 Å². The van der Waals surface area contributed by atoms with Crippen molar-refractivity contribution in [3.05, 3.63) is 0 Å². The van der Waals surface area contributed by atoms with Crippen LogP contribution in [0.1, 0.15) is 66.2 Å². The number of hydrogen-bond acceptors (Lipinski definition) is 3. The highest BCUT2D eigenvalue weighted by molar-refractivity contribution is 5.78. The van der Waals surface area contributed by atoms with Crippen molar-refractivity contribution in [2.45, 2.75) is 95.9 Å². The maximum atomic E-state index is 11.7. The van der Waals surface area contributed by atoms with E-state index in [1.54, 1.807) is 0 Å². The topological polar surface area (TPSA) is 52.6 Å². The molecule has 2 rings (SSSR count). The zero-order valence-corrected chi connectivity index (χ0v) is 13.4. The summed E-state index contributed by atoms with van der Waals surface area (Å²) in [7, 11) is 0. The molecule has 1 saturated heterocycles. The number of nitrogens with one attached hydrogen (secondary N) is 1. The first-order valence-electron chi connectivity index (χ1n) is 8.16. The fourth-order valence-electron chi connectivity index (χ4n) is 3.88. The zero-order chi connectivity index (χ0) is 14.9. The van der Waals surface area contributed by atoms with Crippen LogP contribution in [0.4, 0.5) is 0 Å². The summed E-state index contributed by atoms with van der Waals surface area (Å²) in [5.74, 6) is -0.712. The number of carboxylic acids is 1. The van der Waals surface area contributed by atoms with Gasteiger partial charge in [-0.05, 0) is 59.3 Å². The van der Waals surface area contributed by atoms with E-state index in [-0.39, 0.29) is 0 Å². The first-order valence-corrected chi connectivity index (χ1v) is 8.16. The van der Waals surface area contributed by atoms with Gasteiger partial charge in [-0.25, -0.2) is 0 Å². The minimum absolute atomic E-state index is 0.310. The monoisotopic (exact) mass is 282 g/mol. The van der Waals surface area contributed by atoms with Gasteiger partial charge in [-0.15, -0.1) is 0 Å². The summed E-state index contributed by atoms with van der Waals surface area (Å²) in [6.07, 6.45) is 6.57. The molecule has 2 fully saturated rings. The standard InChI is InChI=1S/C16H30N2O2/c1-5-14-9-6-11(2)18(14)12(3)10-16(4,15(19)20)17-13-7-8-13/h11-14,17H,5-10H2,1-4H3,(H,19,20). The van der Waals surface area contributed by atoms with E-state index in [2.05, 4.69) is 31.0 Å². The zero-order valence-electron chi connectivity index (χ0n) is 13.4. The van der Waals surface area contributed by atoms with Crippen LogP contribution in [0.2, 0.25) is 0 Å². The molecule has 0 radical (unpaired) electrons. The van der Waals surface area contributed by atoms with Gasteiger partial charge in [0, 0.05) is 24.2 Å². The van der Waals surface area contributed by atoms with Crippen molar-refractivity contribution in [2.75, 3.05) is 0 Å². The number of likely N-dealkylation sites (tertiary alicyclic amines) is 1. The molecule has 0 bridgehead atoms. The van der Waals surface area contributed by atoms with Crippen molar-refractivity contribution in [2.24, 2.45) is 0 Å². The number of carbonyl (C=O) groups is 1. The lowest BCUT2D eigenvalue weighted by Crippen LogP contribution is -2.55. The van der Waals surface area contributed by atoms with Gasteiger partial charge in [0.05, 0.1) is 0 Å². The Bertz CT molecular complexity index is 356. The smallest absolute Gasteiger partial charge is 0.323 e. The molecule has 1 heterocycles. The third-order valence-corrected chi connectivity index (χ3v) is 5.10. The van der Waals surface area contributed by atoms with Gasteiger partial charge in [0.1, 0.15) is 5.54 Å². The number of hydrogen-bond donors (Lipinski definition) is 2. The third kappa shape index (κ3) is 3.34. The Morgan fingerprint density at radius 3 is 2.55 bits per heavy atom. The minimum atomic E-state index is -0.790. The first kappa shape index (κ1) is 15.8. The highest BCUT2D eigenvalue weighted by Gasteiger charge is 2.42. The summed E-state index contributed by atoms with van der Waals surface area (Å²) < 4.78 is 0. The van der Waals surface area contributed by atoms with Crippen LogP contribution in [0.3, 0.4) is 0 Å². The molecule has 4 atom stereocenters. The molecule has 1 aliphatic heterocycles. The minimum Gasteiger partial charge on any atom is -0.480 e. The summed E-state index contributed by atoms with van der Waals surface area (Å²) >= 11 is 0. The summed E-state index contributed by atoms with van der Waals surface area (Å²) in [6, 6.07) is 1.93. The summed E-state index contributed by atoms with van der Waals surface area (Å²) in [5.41, 5.74) is -0.790. The first-order chi connectivity index (χ1) is 9.37. The molecular weight excluding hydrogens is 252 g/mol. The molecule has 0 amide bonds. The Morgan fingerprint density at radius 1 is 1.40 bits per heavy atom. The second-order valence-electron chi connectivity index (χ2n) is 7.04. The molecule has 2 N–H and O–H groups in total. The lowest BCUT2D eigenvalue weighted by molar-refractivity contribution is -0.145. The van der Waals surface area contributed by atoms with Crippen molar-refractivity contribution in [3.63, 3.8) is 0 Å². The second-order valence-corrected chi connectivity index (χ2v) is 7.04. The van der Waals surface area contributed by atoms with Gasteiger partial charge in [0.15, 0.2) is 0 Å². The van der Waals surface area contributed by atoms with E-state index in [9.17, 15) is 9.90 Å². The number of nitrogens with zero attached hydrogens (tertiary/aromatic N) is 1. The molecule has 4 heteroatoms. The van der Waals surface area contributed by atoms with Gasteiger partial charge >= 0.3 is 5.97 Å². The number of aliphatic carboxylic acids is 1. The molecular formula is C16H30N2O2. The summed E-state index contributed by atoms with van der Waals surface area (Å²) in [5, 5.41) is 13.0. The maximum absolute atomic E-state index is 11.7. The molecule has 0 aromatic carbocycles. The summed E-state index contributed by atoms with van der Waals surface area (Å²) in [6.45, 7) is 8.56.